The number of ether oxygens (including phenoxy) is 1. The second-order valence-corrected chi connectivity index (χ2v) is 5.07. The zero-order chi connectivity index (χ0) is 14.9. The Morgan fingerprint density at radius 2 is 2.00 bits per heavy atom. The number of aryl methyl sites for hydroxylation is 1. The van der Waals surface area contributed by atoms with E-state index in [1.807, 2.05) is 13.0 Å². The van der Waals surface area contributed by atoms with Crippen LogP contribution < -0.4 is 4.90 Å². The Balaban J connectivity index is 1.76. The highest BCUT2D eigenvalue weighted by Crippen LogP contribution is 2.22. The molecular formula is C14H15N7O. The van der Waals surface area contributed by atoms with Crippen molar-refractivity contribution in [2.24, 2.45) is 0 Å². The third-order valence-electron chi connectivity index (χ3n) is 3.76. The number of fused-ring (bicyclic) bond motifs is 1. The molecule has 0 atom stereocenters. The van der Waals surface area contributed by atoms with Crippen LogP contribution in [0, 0.1) is 6.92 Å². The minimum absolute atomic E-state index is 0.587. The topological polar surface area (TPSA) is 81.3 Å². The maximum absolute atomic E-state index is 5.37. The van der Waals surface area contributed by atoms with Crippen LogP contribution >= 0.6 is 0 Å². The normalized spacial score (nSPS) is 15.4. The monoisotopic (exact) mass is 297 g/mol. The number of anilines is 1. The molecule has 3 aromatic heterocycles. The smallest absolute Gasteiger partial charge is 0.252 e. The largest absolute Gasteiger partial charge is 0.378 e. The lowest BCUT2D eigenvalue weighted by Gasteiger charge is -2.26. The third-order valence-corrected chi connectivity index (χ3v) is 3.76. The third kappa shape index (κ3) is 2.17. The molecule has 1 aliphatic heterocycles. The summed E-state index contributed by atoms with van der Waals surface area (Å²) in [6, 6.07) is 1.89. The number of rotatable bonds is 2. The molecule has 0 aliphatic carbocycles. The summed E-state index contributed by atoms with van der Waals surface area (Å²) >= 11 is 0. The van der Waals surface area contributed by atoms with Crippen molar-refractivity contribution in [2.75, 3.05) is 31.2 Å². The van der Waals surface area contributed by atoms with Crippen molar-refractivity contribution >= 4 is 11.7 Å². The van der Waals surface area contributed by atoms with E-state index in [0.717, 1.165) is 36.0 Å². The van der Waals surface area contributed by atoms with Gasteiger partial charge in [0.05, 0.1) is 24.6 Å². The molecule has 1 aliphatic rings. The van der Waals surface area contributed by atoms with Gasteiger partial charge in [-0.3, -0.25) is 0 Å². The first-order valence-corrected chi connectivity index (χ1v) is 7.14. The maximum atomic E-state index is 5.37. The first kappa shape index (κ1) is 13.1. The van der Waals surface area contributed by atoms with Crippen molar-refractivity contribution in [3.8, 4) is 11.3 Å². The summed E-state index contributed by atoms with van der Waals surface area (Å²) in [5.41, 5.74) is 2.71. The van der Waals surface area contributed by atoms with Crippen molar-refractivity contribution in [3.05, 3.63) is 30.5 Å². The van der Waals surface area contributed by atoms with Gasteiger partial charge in [0.1, 0.15) is 6.33 Å². The SMILES string of the molecule is Cc1c(-c2ccnc(N3CCOCC3)n2)cnc2ncnn12. The molecule has 0 saturated carbocycles. The van der Waals surface area contributed by atoms with Crippen LogP contribution in [-0.2, 0) is 4.74 Å². The van der Waals surface area contributed by atoms with Crippen LogP contribution in [0.1, 0.15) is 5.69 Å². The van der Waals surface area contributed by atoms with Gasteiger partial charge in [0.2, 0.25) is 5.95 Å². The molecule has 1 saturated heterocycles. The Hall–Kier alpha value is -2.61. The zero-order valence-corrected chi connectivity index (χ0v) is 12.2. The van der Waals surface area contributed by atoms with E-state index in [4.69, 9.17) is 4.74 Å². The number of nitrogens with zero attached hydrogens (tertiary/aromatic N) is 7. The van der Waals surface area contributed by atoms with E-state index in [2.05, 4.69) is 29.9 Å². The van der Waals surface area contributed by atoms with Gasteiger partial charge in [-0.15, -0.1) is 0 Å². The maximum Gasteiger partial charge on any atom is 0.252 e. The summed E-state index contributed by atoms with van der Waals surface area (Å²) in [6.07, 6.45) is 5.06. The van der Waals surface area contributed by atoms with Gasteiger partial charge in [0.15, 0.2) is 0 Å². The number of hydrogen-bond acceptors (Lipinski definition) is 7. The lowest BCUT2D eigenvalue weighted by atomic mass is 10.2. The fraction of sp³-hybridized carbons (Fsp3) is 0.357. The molecule has 4 heterocycles. The van der Waals surface area contributed by atoms with E-state index in [1.165, 1.54) is 6.33 Å². The van der Waals surface area contributed by atoms with Gasteiger partial charge in [-0.2, -0.15) is 10.1 Å². The quantitative estimate of drug-likeness (QED) is 0.689. The van der Waals surface area contributed by atoms with Crippen molar-refractivity contribution in [1.82, 2.24) is 29.5 Å². The number of aromatic nitrogens is 6. The molecule has 3 aromatic rings. The fourth-order valence-electron chi connectivity index (χ4n) is 2.56. The second kappa shape index (κ2) is 5.30. The molecule has 0 aromatic carbocycles. The Kier molecular flexibility index (Phi) is 3.15. The number of hydrogen-bond donors (Lipinski definition) is 0. The van der Waals surface area contributed by atoms with Crippen LogP contribution in [0.3, 0.4) is 0 Å². The highest BCUT2D eigenvalue weighted by Gasteiger charge is 2.16. The molecule has 0 spiro atoms. The van der Waals surface area contributed by atoms with E-state index in [1.54, 1.807) is 16.9 Å². The van der Waals surface area contributed by atoms with Gasteiger partial charge >= 0.3 is 0 Å². The van der Waals surface area contributed by atoms with Crippen molar-refractivity contribution < 1.29 is 4.74 Å². The highest BCUT2D eigenvalue weighted by atomic mass is 16.5. The average Bonchev–Trinajstić information content (AvgIpc) is 3.06. The number of morpholine rings is 1. The first-order valence-electron chi connectivity index (χ1n) is 7.14. The Morgan fingerprint density at radius 1 is 1.14 bits per heavy atom. The van der Waals surface area contributed by atoms with Gasteiger partial charge in [0, 0.05) is 31.0 Å². The lowest BCUT2D eigenvalue weighted by molar-refractivity contribution is 0.122. The summed E-state index contributed by atoms with van der Waals surface area (Å²) in [4.78, 5) is 19.6. The van der Waals surface area contributed by atoms with Crippen LogP contribution in [0.25, 0.3) is 17.0 Å². The van der Waals surface area contributed by atoms with E-state index in [0.29, 0.717) is 19.0 Å². The lowest BCUT2D eigenvalue weighted by Crippen LogP contribution is -2.37. The Bertz CT molecular complexity index is 810. The molecule has 8 heteroatoms. The molecule has 112 valence electrons. The zero-order valence-electron chi connectivity index (χ0n) is 12.2. The van der Waals surface area contributed by atoms with Gasteiger partial charge < -0.3 is 9.64 Å². The van der Waals surface area contributed by atoms with Gasteiger partial charge in [-0.1, -0.05) is 0 Å². The predicted octanol–water partition coefficient (Wildman–Crippen LogP) is 0.726. The van der Waals surface area contributed by atoms with Crippen molar-refractivity contribution in [2.45, 2.75) is 6.92 Å². The first-order chi connectivity index (χ1) is 10.8. The average molecular weight is 297 g/mol. The van der Waals surface area contributed by atoms with Gasteiger partial charge in [-0.05, 0) is 13.0 Å². The van der Waals surface area contributed by atoms with Gasteiger partial charge in [-0.25, -0.2) is 19.5 Å². The summed E-state index contributed by atoms with van der Waals surface area (Å²) in [5.74, 6) is 1.31. The van der Waals surface area contributed by atoms with E-state index in [9.17, 15) is 0 Å². The van der Waals surface area contributed by atoms with E-state index in [-0.39, 0.29) is 0 Å². The minimum atomic E-state index is 0.587. The highest BCUT2D eigenvalue weighted by molar-refractivity contribution is 5.63. The molecule has 8 nitrogen and oxygen atoms in total. The van der Waals surface area contributed by atoms with E-state index < -0.39 is 0 Å². The van der Waals surface area contributed by atoms with Crippen LogP contribution in [0.2, 0.25) is 0 Å². The summed E-state index contributed by atoms with van der Waals surface area (Å²) in [5, 5.41) is 4.19. The molecule has 0 unspecified atom stereocenters. The van der Waals surface area contributed by atoms with Crippen LogP contribution in [0.15, 0.2) is 24.8 Å². The predicted molar refractivity (Wildman–Crippen MR) is 79.6 cm³/mol. The van der Waals surface area contributed by atoms with Crippen LogP contribution in [-0.4, -0.2) is 55.9 Å². The Morgan fingerprint density at radius 3 is 2.86 bits per heavy atom. The molecule has 1 fully saturated rings. The van der Waals surface area contributed by atoms with E-state index >= 15 is 0 Å². The summed E-state index contributed by atoms with van der Waals surface area (Å²) in [6.45, 7) is 5.01. The van der Waals surface area contributed by atoms with Gasteiger partial charge in [0.25, 0.3) is 5.78 Å². The minimum Gasteiger partial charge on any atom is -0.378 e. The Labute approximate surface area is 126 Å². The van der Waals surface area contributed by atoms with Crippen molar-refractivity contribution in [1.29, 1.82) is 0 Å². The molecule has 0 N–H and O–H groups in total. The molecule has 22 heavy (non-hydrogen) atoms. The molecule has 0 amide bonds. The fourth-order valence-corrected chi connectivity index (χ4v) is 2.56. The van der Waals surface area contributed by atoms with Crippen LogP contribution in [0.5, 0.6) is 0 Å². The molecule has 0 radical (unpaired) electrons. The molecule has 0 bridgehead atoms. The standard InChI is InChI=1S/C14H15N7O/c1-10-11(8-16-13-17-9-18-21(10)13)12-2-3-15-14(19-12)20-4-6-22-7-5-20/h2-3,8-9H,4-7H2,1H3. The summed E-state index contributed by atoms with van der Waals surface area (Å²) in [7, 11) is 0. The molecular weight excluding hydrogens is 282 g/mol. The molecule has 4 rings (SSSR count). The summed E-state index contributed by atoms with van der Waals surface area (Å²) < 4.78 is 7.08. The van der Waals surface area contributed by atoms with Crippen LogP contribution in [0.4, 0.5) is 5.95 Å². The second-order valence-electron chi connectivity index (χ2n) is 5.07. The van der Waals surface area contributed by atoms with Crippen molar-refractivity contribution in [3.63, 3.8) is 0 Å².